The Balaban J connectivity index is 0.000000709. The second-order valence-corrected chi connectivity index (χ2v) is 8.34. The highest BCUT2D eigenvalue weighted by Crippen LogP contribution is 2.33. The van der Waals surface area contributed by atoms with Crippen molar-refractivity contribution in [1.29, 1.82) is 0 Å². The van der Waals surface area contributed by atoms with E-state index in [0.29, 0.717) is 31.0 Å². The highest BCUT2D eigenvalue weighted by Gasteiger charge is 2.36. The molecule has 0 saturated carbocycles. The molecule has 0 aliphatic carbocycles. The average Bonchev–Trinajstić information content (AvgIpc) is 3.19. The molecule has 0 bridgehead atoms. The number of hydrogen-bond donors (Lipinski definition) is 2. The largest absolute Gasteiger partial charge is 0.503 e. The summed E-state index contributed by atoms with van der Waals surface area (Å²) in [6.45, 7) is 8.77. The zero-order chi connectivity index (χ0) is 24.4. The van der Waals surface area contributed by atoms with Crippen molar-refractivity contribution in [3.05, 3.63) is 68.1 Å². The number of hydrogen-bond acceptors (Lipinski definition) is 5. The van der Waals surface area contributed by atoms with E-state index in [1.54, 1.807) is 16.6 Å². The molecular weight excluding hydrogens is 454 g/mol. The Kier molecular flexibility index (Phi) is 7.31. The first-order valence-electron chi connectivity index (χ1n) is 10.7. The van der Waals surface area contributed by atoms with Crippen LogP contribution in [-0.4, -0.2) is 40.9 Å². The van der Waals surface area contributed by atoms with E-state index >= 15 is 0 Å². The smallest absolute Gasteiger partial charge is 0.257 e. The molecule has 1 aromatic heterocycles. The summed E-state index contributed by atoms with van der Waals surface area (Å²) >= 11 is 5.66. The Morgan fingerprint density at radius 2 is 1.94 bits per heavy atom. The van der Waals surface area contributed by atoms with Crippen LogP contribution >= 0.6 is 11.6 Å². The number of pyridine rings is 1. The number of carbonyl (C=O) groups excluding carboxylic acids is 1. The number of benzene rings is 1. The second kappa shape index (κ2) is 9.82. The average molecular weight is 481 g/mol. The molecule has 2 N–H and O–H groups in total. The number of rotatable bonds is 4. The molecule has 33 heavy (non-hydrogen) atoms. The van der Waals surface area contributed by atoms with E-state index in [1.807, 2.05) is 5.01 Å². The summed E-state index contributed by atoms with van der Waals surface area (Å²) in [4.78, 5) is 27.3. The molecule has 0 unspecified atom stereocenters. The van der Waals surface area contributed by atoms with Gasteiger partial charge in [0.05, 0.1) is 16.4 Å². The van der Waals surface area contributed by atoms with E-state index < -0.39 is 40.8 Å². The van der Waals surface area contributed by atoms with Gasteiger partial charge in [-0.2, -0.15) is 0 Å². The number of nitrogens with zero attached hydrogens (tertiary/aromatic N) is 3. The highest BCUT2D eigenvalue weighted by molar-refractivity contribution is 6.30. The fourth-order valence-corrected chi connectivity index (χ4v) is 3.88. The monoisotopic (exact) mass is 480 g/mol. The number of nitrogens with one attached hydrogen (secondary N) is 1. The standard InChI is InChI=1S/C19H17ClF2N4O3.C4H10/c1-9-16-18(28)17(27)14(13-5-6-25(26(13)16)8-24(9)2)19(29)23-7-10-12(21)4-3-11(20)15(10)22;1-3-4-2/h3-4,28H,1,5-8H2,2H3,(H,23,29);3-4H2,1-2H3. The van der Waals surface area contributed by atoms with Crippen molar-refractivity contribution in [2.75, 3.05) is 25.3 Å². The Morgan fingerprint density at radius 3 is 2.58 bits per heavy atom. The summed E-state index contributed by atoms with van der Waals surface area (Å²) in [6.07, 6.45) is 3.03. The molecule has 7 nitrogen and oxygen atoms in total. The lowest BCUT2D eigenvalue weighted by Crippen LogP contribution is -2.47. The first kappa shape index (κ1) is 24.6. The van der Waals surface area contributed by atoms with E-state index in [0.717, 1.165) is 12.1 Å². The molecule has 2 aliphatic heterocycles. The number of carbonyl (C=O) groups is 1. The van der Waals surface area contributed by atoms with Crippen LogP contribution in [0.5, 0.6) is 5.75 Å². The number of unbranched alkanes of at least 4 members (excludes halogenated alkanes) is 1. The quantitative estimate of drug-likeness (QED) is 0.654. The van der Waals surface area contributed by atoms with Crippen molar-refractivity contribution in [1.82, 2.24) is 14.9 Å². The third-order valence-electron chi connectivity index (χ3n) is 5.71. The van der Waals surface area contributed by atoms with Gasteiger partial charge in [-0.25, -0.2) is 8.78 Å². The minimum atomic E-state index is -0.980. The van der Waals surface area contributed by atoms with Crippen molar-refractivity contribution in [2.24, 2.45) is 0 Å². The van der Waals surface area contributed by atoms with Gasteiger partial charge in [0, 0.05) is 32.1 Å². The highest BCUT2D eigenvalue weighted by atomic mass is 35.5. The van der Waals surface area contributed by atoms with Crippen LogP contribution in [0.3, 0.4) is 0 Å². The van der Waals surface area contributed by atoms with Crippen molar-refractivity contribution in [3.8, 4) is 5.75 Å². The van der Waals surface area contributed by atoms with Crippen molar-refractivity contribution in [3.63, 3.8) is 0 Å². The first-order valence-corrected chi connectivity index (χ1v) is 11.1. The molecule has 1 aromatic carbocycles. The summed E-state index contributed by atoms with van der Waals surface area (Å²) in [5.41, 5.74) is -0.417. The van der Waals surface area contributed by atoms with Crippen molar-refractivity contribution < 1.29 is 18.7 Å². The molecule has 0 radical (unpaired) electrons. The van der Waals surface area contributed by atoms with Gasteiger partial charge in [0.1, 0.15) is 29.6 Å². The fraction of sp³-hybridized carbons (Fsp3) is 0.391. The molecule has 0 spiro atoms. The van der Waals surface area contributed by atoms with Gasteiger partial charge in [0.15, 0.2) is 5.75 Å². The molecule has 2 aromatic rings. The van der Waals surface area contributed by atoms with Crippen LogP contribution in [0.4, 0.5) is 8.78 Å². The van der Waals surface area contributed by atoms with Crippen LogP contribution in [0.25, 0.3) is 5.70 Å². The second-order valence-electron chi connectivity index (χ2n) is 7.93. The van der Waals surface area contributed by atoms with E-state index in [9.17, 15) is 23.5 Å². The maximum absolute atomic E-state index is 14.1. The molecule has 0 fully saturated rings. The SMILES string of the molecule is C=C1c2c(O)c(=O)c(C(=O)NCc3c(F)ccc(Cl)c3F)c3n2N(CC3)CN1C.CCCC. The van der Waals surface area contributed by atoms with Gasteiger partial charge < -0.3 is 15.3 Å². The molecule has 178 valence electrons. The lowest BCUT2D eigenvalue weighted by atomic mass is 10.1. The summed E-state index contributed by atoms with van der Waals surface area (Å²) in [5.74, 6) is -3.28. The van der Waals surface area contributed by atoms with Gasteiger partial charge >= 0.3 is 0 Å². The topological polar surface area (TPSA) is 77.8 Å². The van der Waals surface area contributed by atoms with Gasteiger partial charge in [-0.1, -0.05) is 44.9 Å². The van der Waals surface area contributed by atoms with Gasteiger partial charge in [-0.3, -0.25) is 19.3 Å². The summed E-state index contributed by atoms with van der Waals surface area (Å²) in [7, 11) is 1.78. The molecule has 3 heterocycles. The normalized spacial score (nSPS) is 14.1. The predicted molar refractivity (Wildman–Crippen MR) is 124 cm³/mol. The minimum absolute atomic E-state index is 0.236. The Morgan fingerprint density at radius 1 is 1.27 bits per heavy atom. The number of halogens is 3. The predicted octanol–water partition coefficient (Wildman–Crippen LogP) is 3.59. The van der Waals surface area contributed by atoms with E-state index in [2.05, 4.69) is 25.7 Å². The number of aromatic nitrogens is 1. The van der Waals surface area contributed by atoms with Crippen molar-refractivity contribution in [2.45, 2.75) is 39.7 Å². The van der Waals surface area contributed by atoms with Crippen molar-refractivity contribution >= 4 is 23.2 Å². The van der Waals surface area contributed by atoms with Crippen LogP contribution in [0.2, 0.25) is 5.02 Å². The van der Waals surface area contributed by atoms with E-state index in [4.69, 9.17) is 11.6 Å². The molecular formula is C23H27ClF2N4O3. The van der Waals surface area contributed by atoms with E-state index in [-0.39, 0.29) is 16.3 Å². The molecule has 4 rings (SSSR count). The van der Waals surface area contributed by atoms with Crippen LogP contribution < -0.4 is 15.8 Å². The van der Waals surface area contributed by atoms with Gasteiger partial charge in [-0.05, 0) is 12.1 Å². The lowest BCUT2D eigenvalue weighted by Gasteiger charge is -2.38. The fourth-order valence-electron chi connectivity index (χ4n) is 3.70. The van der Waals surface area contributed by atoms with Crippen LogP contribution in [0, 0.1) is 11.6 Å². The molecule has 0 atom stereocenters. The molecule has 0 saturated heterocycles. The number of amides is 1. The third kappa shape index (κ3) is 4.42. The minimum Gasteiger partial charge on any atom is -0.503 e. The van der Waals surface area contributed by atoms with Gasteiger partial charge in [-0.15, -0.1) is 0 Å². The summed E-state index contributed by atoms with van der Waals surface area (Å²) in [6, 6.07) is 2.07. The molecule has 2 aliphatic rings. The molecule has 1 amide bonds. The van der Waals surface area contributed by atoms with Crippen LogP contribution in [-0.2, 0) is 13.0 Å². The first-order chi connectivity index (χ1) is 15.6. The molecule has 10 heteroatoms. The zero-order valence-electron chi connectivity index (χ0n) is 18.8. The Bertz CT molecular complexity index is 1160. The third-order valence-corrected chi connectivity index (χ3v) is 6.01. The number of aromatic hydroxyl groups is 1. The summed E-state index contributed by atoms with van der Waals surface area (Å²) in [5, 5.41) is 14.4. The maximum atomic E-state index is 14.1. The van der Waals surface area contributed by atoms with Gasteiger partial charge in [0.25, 0.3) is 5.91 Å². The Hall–Kier alpha value is -3.07. The lowest BCUT2D eigenvalue weighted by molar-refractivity contribution is 0.0947. The Labute approximate surface area is 195 Å². The maximum Gasteiger partial charge on any atom is 0.257 e. The van der Waals surface area contributed by atoms with Gasteiger partial charge in [0.2, 0.25) is 5.43 Å². The van der Waals surface area contributed by atoms with Crippen LogP contribution in [0.1, 0.15) is 54.0 Å². The van der Waals surface area contributed by atoms with E-state index in [1.165, 1.54) is 12.8 Å². The van der Waals surface area contributed by atoms with Crippen LogP contribution in [0.15, 0.2) is 23.5 Å². The summed E-state index contributed by atoms with van der Waals surface area (Å²) < 4.78 is 29.6. The zero-order valence-corrected chi connectivity index (χ0v) is 19.6.